The number of rotatable bonds is 0. The van der Waals surface area contributed by atoms with Crippen LogP contribution in [0, 0.1) is 0 Å². The Morgan fingerprint density at radius 2 is 1.33 bits per heavy atom. The van der Waals surface area contributed by atoms with E-state index in [1.807, 2.05) is 0 Å². The molecule has 0 rings (SSSR count). The molecule has 4 nitrogen and oxygen atoms in total. The fourth-order valence-electron chi connectivity index (χ4n) is 0. The molecule has 0 saturated heterocycles. The van der Waals surface area contributed by atoms with Crippen LogP contribution in [0.3, 0.4) is 0 Å². The van der Waals surface area contributed by atoms with Crippen LogP contribution in [0.25, 0.3) is 0 Å². The Balaban J connectivity index is -0.0000000267. The molecule has 0 fully saturated rings. The molecule has 0 aliphatic heterocycles. The summed E-state index contributed by atoms with van der Waals surface area (Å²) < 4.78 is 33.3. The molecule has 0 aromatic carbocycles. The summed E-state index contributed by atoms with van der Waals surface area (Å²) >= 11 is -5.86. The number of hydrogen-bond donors (Lipinski definition) is 1. The normalized spacial score (nSPS) is 9.50. The van der Waals surface area contributed by atoms with E-state index in [-0.39, 0.29) is 40.6 Å². The van der Waals surface area contributed by atoms with E-state index in [9.17, 15) is 0 Å². The minimum absolute atomic E-state index is 0. The van der Waals surface area contributed by atoms with Crippen molar-refractivity contribution < 1.29 is 32.9 Å². The average Bonchev–Trinajstić information content (AvgIpc) is 0.722. The maximum atomic E-state index is 8.75. The van der Waals surface area contributed by atoms with E-state index >= 15 is 0 Å². The second-order valence-corrected chi connectivity index (χ2v) is 3.24. The van der Waals surface area contributed by atoms with Gasteiger partial charge in [0.25, 0.3) is 0 Å². The first-order chi connectivity index (χ1) is 2.00. The Hall–Kier alpha value is 1.28. The molecule has 0 saturated carbocycles. The first-order valence-corrected chi connectivity index (χ1v) is 5.17. The van der Waals surface area contributed by atoms with Crippen LogP contribution in [0.2, 0.25) is 0 Å². The van der Waals surface area contributed by atoms with Crippen LogP contribution in [0.1, 0.15) is 2.85 Å². The first-order valence-electron chi connectivity index (χ1n) is 0.632. The summed E-state index contributed by atoms with van der Waals surface area (Å²) in [6.07, 6.45) is 0. The molecule has 0 aromatic heterocycles. The van der Waals surface area contributed by atoms with Crippen molar-refractivity contribution in [2.75, 3.05) is 0 Å². The van der Waals surface area contributed by atoms with Gasteiger partial charge in [-0.05, 0) is 0 Å². The van der Waals surface area contributed by atoms with Gasteiger partial charge >= 0.3 is 67.8 Å². The maximum absolute atomic E-state index is 8.75. The van der Waals surface area contributed by atoms with Gasteiger partial charge in [0.2, 0.25) is 0 Å². The van der Waals surface area contributed by atoms with Crippen LogP contribution < -0.4 is 0 Å². The van der Waals surface area contributed by atoms with Crippen LogP contribution in [-0.2, 0) is 26.2 Å². The van der Waals surface area contributed by atoms with E-state index in [0.29, 0.717) is 0 Å². The van der Waals surface area contributed by atoms with E-state index in [1.165, 1.54) is 0 Å². The van der Waals surface area contributed by atoms with Gasteiger partial charge in [-0.15, -0.1) is 0 Å². The molecular weight excluding hydrogens is 290 g/mol. The summed E-state index contributed by atoms with van der Waals surface area (Å²) in [5.41, 5.74) is 0. The standard InChI is InChI=1S/Ca.H2O.3O.Re.2H/h;1H2;;;;;;/q+2;;;;;+1;2*-1/p-1. The van der Waals surface area contributed by atoms with Gasteiger partial charge in [-0.25, -0.2) is 0 Å². The van der Waals surface area contributed by atoms with E-state index in [1.54, 1.807) is 0 Å². The van der Waals surface area contributed by atoms with Crippen molar-refractivity contribution in [1.29, 1.82) is 0 Å². The summed E-state index contributed by atoms with van der Waals surface area (Å²) in [7, 11) is 0. The van der Waals surface area contributed by atoms with Crippen molar-refractivity contribution in [3.05, 3.63) is 0 Å². The van der Waals surface area contributed by atoms with Gasteiger partial charge in [0.05, 0.1) is 0 Å². The second-order valence-electron chi connectivity index (χ2n) is 0.396. The zero-order valence-electron chi connectivity index (χ0n) is 4.76. The monoisotopic (exact) mass is 294 g/mol. The molecule has 0 aliphatic rings. The number of hydrogen-bond acceptors (Lipinski definition) is 3. The molecule has 0 spiro atoms. The van der Waals surface area contributed by atoms with Crippen molar-refractivity contribution in [2.45, 2.75) is 0 Å². The Kier molecular flexibility index (Phi) is 5.67. The fraction of sp³-hybridized carbons (Fsp3) is 0. The minimum atomic E-state index is -5.86. The topological polar surface area (TPSA) is 71.4 Å². The zero-order valence-corrected chi connectivity index (χ0v) is 7.68. The third-order valence-electron chi connectivity index (χ3n) is 0. The predicted octanol–water partition coefficient (Wildman–Crippen LogP) is -1.07. The summed E-state index contributed by atoms with van der Waals surface area (Å²) in [4.78, 5) is 0. The average molecular weight is 293 g/mol. The van der Waals surface area contributed by atoms with Crippen LogP contribution in [0.15, 0.2) is 0 Å². The van der Waals surface area contributed by atoms with Gasteiger partial charge in [-0.1, -0.05) is 0 Å². The molecular formula is H3CaO4Re. The van der Waals surface area contributed by atoms with Gasteiger partial charge in [-0.2, -0.15) is 0 Å². The molecule has 0 amide bonds. The quantitative estimate of drug-likeness (QED) is 0.577. The SMILES string of the molecule is [Ca+2].[H-].[H-].[O]=[Re](=[O])(=[O])[OH]. The Labute approximate surface area is 69.9 Å². The third kappa shape index (κ3) is 58.9. The van der Waals surface area contributed by atoms with E-state index in [2.05, 4.69) is 0 Å². The van der Waals surface area contributed by atoms with E-state index in [0.717, 1.165) is 0 Å². The van der Waals surface area contributed by atoms with Gasteiger partial charge in [-0.3, -0.25) is 0 Å². The molecule has 0 heterocycles. The van der Waals surface area contributed by atoms with Crippen molar-refractivity contribution in [3.63, 3.8) is 0 Å². The molecule has 36 valence electrons. The molecule has 0 bridgehead atoms. The predicted molar refractivity (Wildman–Crippen MR) is 12.3 cm³/mol. The molecule has 6 heteroatoms. The van der Waals surface area contributed by atoms with Crippen molar-refractivity contribution in [1.82, 2.24) is 0 Å². The van der Waals surface area contributed by atoms with Crippen LogP contribution >= 0.6 is 0 Å². The van der Waals surface area contributed by atoms with Gasteiger partial charge in [0.1, 0.15) is 0 Å². The van der Waals surface area contributed by atoms with Gasteiger partial charge in [0, 0.05) is 0 Å². The van der Waals surface area contributed by atoms with Crippen molar-refractivity contribution >= 4 is 37.7 Å². The molecule has 1 N–H and O–H groups in total. The Morgan fingerprint density at radius 3 is 1.33 bits per heavy atom. The van der Waals surface area contributed by atoms with Crippen LogP contribution in [0.4, 0.5) is 0 Å². The molecule has 0 aliphatic carbocycles. The van der Waals surface area contributed by atoms with E-state index < -0.39 is 15.8 Å². The van der Waals surface area contributed by atoms with Crippen LogP contribution in [-0.4, -0.2) is 41.6 Å². The zero-order chi connectivity index (χ0) is 4.50. The van der Waals surface area contributed by atoms with Gasteiger partial charge < -0.3 is 2.85 Å². The van der Waals surface area contributed by atoms with Crippen molar-refractivity contribution in [2.24, 2.45) is 0 Å². The van der Waals surface area contributed by atoms with Gasteiger partial charge in [0.15, 0.2) is 0 Å². The molecule has 0 atom stereocenters. The van der Waals surface area contributed by atoms with E-state index in [4.69, 9.17) is 14.2 Å². The molecule has 0 aromatic rings. The fourth-order valence-corrected chi connectivity index (χ4v) is 0. The summed E-state index contributed by atoms with van der Waals surface area (Å²) in [6.45, 7) is 0. The molecule has 0 radical (unpaired) electrons. The first kappa shape index (κ1) is 10.3. The Morgan fingerprint density at radius 1 is 1.33 bits per heavy atom. The third-order valence-corrected chi connectivity index (χ3v) is 0. The Bertz CT molecular complexity index is 135. The summed E-state index contributed by atoms with van der Waals surface area (Å²) in [5.74, 6) is 0. The van der Waals surface area contributed by atoms with Crippen LogP contribution in [0.5, 0.6) is 0 Å². The second kappa shape index (κ2) is 3.31. The molecule has 6 heavy (non-hydrogen) atoms. The summed E-state index contributed by atoms with van der Waals surface area (Å²) in [5, 5.41) is 0. The molecule has 0 unspecified atom stereocenters. The van der Waals surface area contributed by atoms with Crippen molar-refractivity contribution in [3.8, 4) is 0 Å². The summed E-state index contributed by atoms with van der Waals surface area (Å²) in [6, 6.07) is 0.